The summed E-state index contributed by atoms with van der Waals surface area (Å²) in [5, 5.41) is 20.9. The molecule has 0 fully saturated rings. The largest absolute Gasteiger partial charge is 0.309 e. The van der Waals surface area contributed by atoms with Gasteiger partial charge < -0.3 is 4.57 Å². The maximum Gasteiger partial charge on any atom is 0.0553 e. The number of benzene rings is 14. The first-order valence-corrected chi connectivity index (χ1v) is 22.6. The molecule has 1 heterocycles. The standard InChI is InChI=1S/C64H37N/c1-2-10-56(11-3-1)65-57-36-54(40-16-12-38(13-17-40)52-30-46-24-20-42-6-4-7-43-21-25-47(31-52)61(46)59(42)43)34-50-28-29-51-35-55(37-58(65)64(51)63(50)57)41-18-14-39(15-19-41)53-32-48-26-22-44-8-5-9-45-23-27-49(33-53)62(48)60(44)45/h1-37H. The van der Waals surface area contributed by atoms with E-state index in [2.05, 4.69) is 229 Å². The Morgan fingerprint density at radius 2 is 0.462 bits per heavy atom. The molecule has 0 aliphatic carbocycles. The number of hydrogen-bond donors (Lipinski definition) is 0. The van der Waals surface area contributed by atoms with Gasteiger partial charge in [-0.05, 0) is 181 Å². The van der Waals surface area contributed by atoms with Gasteiger partial charge in [0.15, 0.2) is 0 Å². The minimum absolute atomic E-state index is 1.16. The molecule has 15 rings (SSSR count). The Kier molecular flexibility index (Phi) is 7.01. The van der Waals surface area contributed by atoms with Crippen LogP contribution in [0.2, 0.25) is 0 Å². The Bertz CT molecular complexity index is 3970. The third kappa shape index (κ3) is 5.09. The Morgan fingerprint density at radius 3 is 0.800 bits per heavy atom. The molecule has 0 spiro atoms. The van der Waals surface area contributed by atoms with Crippen molar-refractivity contribution in [3.8, 4) is 50.2 Å². The average molecular weight is 820 g/mol. The molecule has 0 saturated heterocycles. The van der Waals surface area contributed by atoms with Crippen LogP contribution in [0, 0.1) is 0 Å². The van der Waals surface area contributed by atoms with Crippen molar-refractivity contribution in [2.45, 2.75) is 0 Å². The Labute approximate surface area is 374 Å². The van der Waals surface area contributed by atoms with Crippen LogP contribution in [0.15, 0.2) is 224 Å². The van der Waals surface area contributed by atoms with Crippen molar-refractivity contribution in [2.75, 3.05) is 0 Å². The van der Waals surface area contributed by atoms with Crippen LogP contribution in [0.5, 0.6) is 0 Å². The average Bonchev–Trinajstić information content (AvgIpc) is 3.71. The van der Waals surface area contributed by atoms with E-state index in [4.69, 9.17) is 0 Å². The molecule has 0 bridgehead atoms. The lowest BCUT2D eigenvalue weighted by molar-refractivity contribution is 1.18. The van der Waals surface area contributed by atoms with Gasteiger partial charge in [0, 0.05) is 16.5 Å². The summed E-state index contributed by atoms with van der Waals surface area (Å²) >= 11 is 0. The summed E-state index contributed by atoms with van der Waals surface area (Å²) in [6, 6.07) is 84.2. The highest BCUT2D eigenvalue weighted by atomic mass is 15.0. The van der Waals surface area contributed by atoms with Gasteiger partial charge in [-0.1, -0.05) is 164 Å². The van der Waals surface area contributed by atoms with E-state index in [-0.39, 0.29) is 0 Å². The molecule has 65 heavy (non-hydrogen) atoms. The van der Waals surface area contributed by atoms with Gasteiger partial charge in [-0.25, -0.2) is 0 Å². The van der Waals surface area contributed by atoms with Crippen LogP contribution in [-0.4, -0.2) is 4.57 Å². The van der Waals surface area contributed by atoms with E-state index in [0.29, 0.717) is 0 Å². The molecular weight excluding hydrogens is 783 g/mol. The molecule has 1 nitrogen and oxygen atoms in total. The zero-order valence-corrected chi connectivity index (χ0v) is 35.3. The van der Waals surface area contributed by atoms with E-state index in [0.717, 1.165) is 5.69 Å². The van der Waals surface area contributed by atoms with Crippen LogP contribution < -0.4 is 0 Å². The molecule has 14 aromatic carbocycles. The Morgan fingerprint density at radius 1 is 0.185 bits per heavy atom. The summed E-state index contributed by atoms with van der Waals surface area (Å²) < 4.78 is 2.48. The number of rotatable bonds is 5. The fraction of sp³-hybridized carbons (Fsp3) is 0. The van der Waals surface area contributed by atoms with Crippen molar-refractivity contribution >= 4 is 97.2 Å². The summed E-state index contributed by atoms with van der Waals surface area (Å²) in [5.41, 5.74) is 13.4. The van der Waals surface area contributed by atoms with Crippen LogP contribution in [-0.2, 0) is 0 Å². The molecule has 1 aromatic heterocycles. The molecule has 1 heteroatoms. The Balaban J connectivity index is 0.830. The number of nitrogens with zero attached hydrogens (tertiary/aromatic N) is 1. The molecule has 0 N–H and O–H groups in total. The summed E-state index contributed by atoms with van der Waals surface area (Å²) in [7, 11) is 0. The van der Waals surface area contributed by atoms with Crippen LogP contribution in [0.4, 0.5) is 0 Å². The summed E-state index contributed by atoms with van der Waals surface area (Å²) in [6.45, 7) is 0. The van der Waals surface area contributed by atoms with Gasteiger partial charge in [-0.3, -0.25) is 0 Å². The summed E-state index contributed by atoms with van der Waals surface area (Å²) in [5.74, 6) is 0. The van der Waals surface area contributed by atoms with Crippen molar-refractivity contribution in [1.29, 1.82) is 0 Å². The minimum Gasteiger partial charge on any atom is -0.309 e. The molecule has 0 atom stereocenters. The molecule has 0 aliphatic heterocycles. The van der Waals surface area contributed by atoms with Gasteiger partial charge in [0.2, 0.25) is 0 Å². The van der Waals surface area contributed by atoms with Gasteiger partial charge in [-0.15, -0.1) is 0 Å². The van der Waals surface area contributed by atoms with Crippen LogP contribution in [0.3, 0.4) is 0 Å². The highest BCUT2D eigenvalue weighted by Gasteiger charge is 2.20. The molecular formula is C64H37N. The van der Waals surface area contributed by atoms with E-state index in [9.17, 15) is 0 Å². The van der Waals surface area contributed by atoms with Crippen LogP contribution in [0.25, 0.3) is 147 Å². The molecule has 298 valence electrons. The first-order valence-electron chi connectivity index (χ1n) is 22.6. The monoisotopic (exact) mass is 819 g/mol. The molecule has 0 amide bonds. The van der Waals surface area contributed by atoms with Crippen molar-refractivity contribution in [3.63, 3.8) is 0 Å². The number of aromatic nitrogens is 1. The second-order valence-electron chi connectivity index (χ2n) is 18.1. The van der Waals surface area contributed by atoms with E-state index in [1.807, 2.05) is 0 Å². The molecule has 0 radical (unpaired) electrons. The SMILES string of the molecule is c1ccc(-n2c3cc(-c4ccc(-c5cc6ccc7cccc8ccc(c5)c6c78)cc4)cc4ccc5cc(-c6ccc(-c7cc8ccc9cccc%10ccc(c7)c8c9%10)cc6)cc2c5c43)cc1. The zero-order chi connectivity index (χ0) is 42.3. The lowest BCUT2D eigenvalue weighted by Gasteiger charge is -2.13. The second kappa shape index (κ2) is 13.0. The van der Waals surface area contributed by atoms with Gasteiger partial charge in [-0.2, -0.15) is 0 Å². The third-order valence-corrected chi connectivity index (χ3v) is 14.5. The van der Waals surface area contributed by atoms with Crippen molar-refractivity contribution < 1.29 is 0 Å². The normalized spacial score (nSPS) is 12.3. The lowest BCUT2D eigenvalue weighted by Crippen LogP contribution is -1.94. The van der Waals surface area contributed by atoms with Gasteiger partial charge >= 0.3 is 0 Å². The smallest absolute Gasteiger partial charge is 0.0553 e. The fourth-order valence-corrected chi connectivity index (χ4v) is 11.5. The quantitative estimate of drug-likeness (QED) is 0.152. The second-order valence-corrected chi connectivity index (χ2v) is 18.1. The summed E-state index contributed by atoms with van der Waals surface area (Å²) in [6.07, 6.45) is 0. The zero-order valence-electron chi connectivity index (χ0n) is 35.3. The summed E-state index contributed by atoms with van der Waals surface area (Å²) in [4.78, 5) is 0. The van der Waals surface area contributed by atoms with E-state index >= 15 is 0 Å². The molecule has 0 unspecified atom stereocenters. The highest BCUT2D eigenvalue weighted by Crippen LogP contribution is 2.45. The third-order valence-electron chi connectivity index (χ3n) is 14.5. The van der Waals surface area contributed by atoms with E-state index in [1.54, 1.807) is 0 Å². The molecule has 15 aromatic rings. The van der Waals surface area contributed by atoms with Crippen LogP contribution in [0.1, 0.15) is 0 Å². The molecule has 0 saturated carbocycles. The fourth-order valence-electron chi connectivity index (χ4n) is 11.5. The predicted molar refractivity (Wildman–Crippen MR) is 279 cm³/mol. The lowest BCUT2D eigenvalue weighted by atomic mass is 9.90. The van der Waals surface area contributed by atoms with Crippen LogP contribution >= 0.6 is 0 Å². The Hall–Kier alpha value is -8.52. The maximum atomic E-state index is 2.48. The molecule has 0 aliphatic rings. The number of hydrogen-bond acceptors (Lipinski definition) is 0. The van der Waals surface area contributed by atoms with Gasteiger partial charge in [0.25, 0.3) is 0 Å². The topological polar surface area (TPSA) is 4.93 Å². The number of para-hydroxylation sites is 1. The van der Waals surface area contributed by atoms with Gasteiger partial charge in [0.1, 0.15) is 0 Å². The van der Waals surface area contributed by atoms with Gasteiger partial charge in [0.05, 0.1) is 11.0 Å². The van der Waals surface area contributed by atoms with Crippen molar-refractivity contribution in [1.82, 2.24) is 4.57 Å². The van der Waals surface area contributed by atoms with E-state index in [1.165, 1.54) is 142 Å². The maximum absolute atomic E-state index is 2.48. The van der Waals surface area contributed by atoms with Crippen molar-refractivity contribution in [3.05, 3.63) is 224 Å². The first kappa shape index (κ1) is 35.0. The highest BCUT2D eigenvalue weighted by molar-refractivity contribution is 6.27. The minimum atomic E-state index is 1.16. The van der Waals surface area contributed by atoms with Crippen molar-refractivity contribution in [2.24, 2.45) is 0 Å². The van der Waals surface area contributed by atoms with E-state index < -0.39 is 0 Å². The predicted octanol–water partition coefficient (Wildman–Crippen LogP) is 17.8. The first-order chi connectivity index (χ1) is 32.2.